The van der Waals surface area contributed by atoms with Gasteiger partial charge in [-0.15, -0.1) is 0 Å². The Kier molecular flexibility index (Phi) is 30.3. The van der Waals surface area contributed by atoms with E-state index in [1.807, 2.05) is 66.7 Å². The van der Waals surface area contributed by atoms with Gasteiger partial charge in [-0.05, 0) is 98.2 Å². The SMILES string of the molecule is CCCCCCC[C@@H](O)CC(=O)N[C@H](CN)C(=O)N[C@H]1CCNC(=O)[C@H](Cc2c[nH]c3ccccc23)NC(=O)[C@H](CCCN=C(N)N)NC(=O)[C@H](CCCCN)NC(=O)[C@H](C(C)(C)C)NC(=O)[C@@H](Cc2ccc(-c3ccccc3)cc2)NC(=O)[C@H](CCN)NC1=O. The second-order valence-electron chi connectivity index (χ2n) is 24.3. The molecule has 0 spiro atoms. The van der Waals surface area contributed by atoms with E-state index < -0.39 is 120 Å². The number of hydrogen-bond acceptors (Lipinski definition) is 14. The summed E-state index contributed by atoms with van der Waals surface area (Å²) in [5, 5.41) is 36.2. The highest BCUT2D eigenvalue weighted by molar-refractivity contribution is 5.99. The average Bonchev–Trinajstić information content (AvgIpc) is 2.28. The van der Waals surface area contributed by atoms with Crippen LogP contribution in [0.25, 0.3) is 22.0 Å². The lowest BCUT2D eigenvalue weighted by Crippen LogP contribution is -2.62. The molecule has 0 saturated carbocycles. The second kappa shape index (κ2) is 37.6. The fourth-order valence-corrected chi connectivity index (χ4v) is 10.7. The molecule has 0 unspecified atom stereocenters. The van der Waals surface area contributed by atoms with Crippen LogP contribution in [0.1, 0.15) is 129 Å². The molecule has 1 aliphatic rings. The lowest BCUT2D eigenvalue weighted by atomic mass is 9.85. The number of nitrogens with two attached hydrogens (primary N) is 5. The van der Waals surface area contributed by atoms with Crippen molar-refractivity contribution in [2.45, 2.75) is 185 Å². The highest BCUT2D eigenvalue weighted by Gasteiger charge is 2.39. The molecule has 0 bridgehead atoms. The van der Waals surface area contributed by atoms with Gasteiger partial charge in [0.1, 0.15) is 48.3 Å². The topological polar surface area (TPSA) is 440 Å². The Hall–Kier alpha value is -8.46. The summed E-state index contributed by atoms with van der Waals surface area (Å²) in [5.74, 6) is -7.40. The minimum Gasteiger partial charge on any atom is -0.393 e. The number of rotatable bonds is 27. The number of nitrogens with one attached hydrogen (secondary N) is 10. The number of nitrogens with zero attached hydrogens (tertiary/aromatic N) is 1. The third-order valence-electron chi connectivity index (χ3n) is 15.8. The Bertz CT molecular complexity index is 3040. The molecule has 2 heterocycles. The van der Waals surface area contributed by atoms with Crippen LogP contribution < -0.4 is 76.5 Å². The van der Waals surface area contributed by atoms with E-state index in [-0.39, 0.29) is 83.5 Å². The van der Waals surface area contributed by atoms with Gasteiger partial charge in [0.05, 0.1) is 12.5 Å². The average molecular weight is 1260 g/mol. The Balaban J connectivity index is 1.59. The predicted molar refractivity (Wildman–Crippen MR) is 350 cm³/mol. The monoisotopic (exact) mass is 1260 g/mol. The number of carbonyl (C=O) groups excluding carboxylic acids is 9. The van der Waals surface area contributed by atoms with Crippen molar-refractivity contribution in [3.8, 4) is 11.1 Å². The number of amides is 9. The smallest absolute Gasteiger partial charge is 0.244 e. The van der Waals surface area contributed by atoms with Crippen LogP contribution >= 0.6 is 0 Å². The molecule has 3 aromatic carbocycles. The summed E-state index contributed by atoms with van der Waals surface area (Å²) in [6.07, 6.45) is 5.72. The van der Waals surface area contributed by atoms with Gasteiger partial charge in [0, 0.05) is 49.6 Å². The summed E-state index contributed by atoms with van der Waals surface area (Å²) >= 11 is 0. The largest absolute Gasteiger partial charge is 0.393 e. The van der Waals surface area contributed by atoms with E-state index in [0.717, 1.165) is 47.7 Å². The van der Waals surface area contributed by atoms with Crippen molar-refractivity contribution in [2.75, 3.05) is 32.7 Å². The van der Waals surface area contributed by atoms with Gasteiger partial charge in [0.25, 0.3) is 0 Å². The third-order valence-corrected chi connectivity index (χ3v) is 15.8. The maximum absolute atomic E-state index is 14.9. The molecule has 21 N–H and O–H groups in total. The molecule has 5 rings (SSSR count). The second-order valence-corrected chi connectivity index (χ2v) is 24.3. The molecule has 9 atom stereocenters. The normalized spacial score (nSPS) is 20.9. The number of aliphatic hydroxyl groups excluding tert-OH is 1. The Morgan fingerprint density at radius 3 is 1.85 bits per heavy atom. The predicted octanol–water partition coefficient (Wildman–Crippen LogP) is 0.666. The van der Waals surface area contributed by atoms with E-state index in [1.54, 1.807) is 39.1 Å². The lowest BCUT2D eigenvalue weighted by molar-refractivity contribution is -0.137. The van der Waals surface area contributed by atoms with Crippen molar-refractivity contribution in [3.05, 3.63) is 96.2 Å². The fraction of sp³-hybridized carbons (Fsp3) is 0.538. The van der Waals surface area contributed by atoms with Crippen LogP contribution in [0.4, 0.5) is 0 Å². The van der Waals surface area contributed by atoms with Gasteiger partial charge < -0.3 is 86.6 Å². The van der Waals surface area contributed by atoms with Crippen molar-refractivity contribution in [1.82, 2.24) is 52.8 Å². The van der Waals surface area contributed by atoms with Gasteiger partial charge >= 0.3 is 0 Å². The highest BCUT2D eigenvalue weighted by atomic mass is 16.3. The van der Waals surface area contributed by atoms with Crippen molar-refractivity contribution in [2.24, 2.45) is 39.1 Å². The maximum Gasteiger partial charge on any atom is 0.244 e. The van der Waals surface area contributed by atoms with Crippen LogP contribution in [0.15, 0.2) is 90.1 Å². The van der Waals surface area contributed by atoms with Gasteiger partial charge in [0.2, 0.25) is 53.2 Å². The van der Waals surface area contributed by atoms with Crippen molar-refractivity contribution < 1.29 is 48.3 Å². The molecule has 1 saturated heterocycles. The van der Waals surface area contributed by atoms with E-state index in [4.69, 9.17) is 28.7 Å². The Labute approximate surface area is 533 Å². The van der Waals surface area contributed by atoms with Crippen LogP contribution in [-0.2, 0) is 56.0 Å². The first-order valence-corrected chi connectivity index (χ1v) is 31.8. The molecule has 26 nitrogen and oxygen atoms in total. The number of hydrogen-bond donors (Lipinski definition) is 16. The summed E-state index contributed by atoms with van der Waals surface area (Å²) in [4.78, 5) is 138. The van der Waals surface area contributed by atoms with Gasteiger partial charge in [0.15, 0.2) is 5.96 Å². The summed E-state index contributed by atoms with van der Waals surface area (Å²) in [6.45, 7) is 6.62. The van der Waals surface area contributed by atoms with Crippen molar-refractivity contribution >= 4 is 70.0 Å². The molecule has 1 aliphatic heterocycles. The molecule has 1 fully saturated rings. The molecule has 26 heteroatoms. The first-order valence-electron chi connectivity index (χ1n) is 31.8. The molecular formula is C65H98N16O10. The number of aliphatic hydroxyl groups is 1. The first-order chi connectivity index (χ1) is 43.5. The summed E-state index contributed by atoms with van der Waals surface area (Å²) in [6, 6.07) is 13.1. The molecule has 91 heavy (non-hydrogen) atoms. The number of guanidine groups is 1. The molecule has 0 aliphatic carbocycles. The number of benzene rings is 3. The Morgan fingerprint density at radius 2 is 1.21 bits per heavy atom. The van der Waals surface area contributed by atoms with Gasteiger partial charge in [-0.2, -0.15) is 0 Å². The quantitative estimate of drug-likeness (QED) is 0.0222. The minimum atomic E-state index is -1.56. The lowest BCUT2D eigenvalue weighted by Gasteiger charge is -2.33. The molecule has 0 radical (unpaired) electrons. The molecule has 9 amide bonds. The maximum atomic E-state index is 14.9. The standard InChI is InChI=1S/C65H98N16O10/c1-5-6-7-8-12-20-44(82)37-54(83)74-53(38-68)62(90)77-50-30-34-71-56(84)52(36-43-39-73-46-22-14-13-21-45(43)46)80-58(86)48(24-17-33-72-64(69)70)75-57(85)47(23-15-16-31-66)78-63(91)55(65(2,3)4)81-61(89)51(79-59(87)49(29-32-67)76-60(50)88)35-40-25-27-42(28-26-40)41-18-10-9-11-19-41/h9-11,13-14,18-19,21-22,25-28,39,44,47-53,55,73,82H,5-8,12,15-17,20,23-24,29-38,66-68H2,1-4H3,(H,71,84)(H,74,83)(H,75,85)(H,76,88)(H,77,90)(H,78,91)(H,79,87)(H,80,86)(H,81,89)(H4,69,70,72)/t44-,47+,48+,49+,50+,51-,52+,53-,55-/m1/s1. The fourth-order valence-electron chi connectivity index (χ4n) is 10.7. The zero-order valence-electron chi connectivity index (χ0n) is 53.1. The number of fused-ring (bicyclic) bond motifs is 1. The molecule has 1 aromatic heterocycles. The first kappa shape index (κ1) is 73.3. The van der Waals surface area contributed by atoms with Crippen LogP contribution in [0.3, 0.4) is 0 Å². The zero-order valence-corrected chi connectivity index (χ0v) is 53.1. The zero-order chi connectivity index (χ0) is 66.5. The van der Waals surface area contributed by atoms with E-state index in [0.29, 0.717) is 36.8 Å². The van der Waals surface area contributed by atoms with E-state index in [9.17, 15) is 48.3 Å². The summed E-state index contributed by atoms with van der Waals surface area (Å²) < 4.78 is 0. The molecule has 498 valence electrons. The van der Waals surface area contributed by atoms with E-state index in [2.05, 4.69) is 64.8 Å². The summed E-state index contributed by atoms with van der Waals surface area (Å²) in [5.41, 5.74) is 32.1. The highest BCUT2D eigenvalue weighted by Crippen LogP contribution is 2.24. The number of unbranched alkanes of at least 4 members (excludes halogenated alkanes) is 5. The van der Waals surface area contributed by atoms with Crippen LogP contribution in [-0.4, -0.2) is 156 Å². The molecule has 4 aromatic rings. The number of carbonyl (C=O) groups is 9. The van der Waals surface area contributed by atoms with Gasteiger partial charge in [-0.1, -0.05) is 133 Å². The van der Waals surface area contributed by atoms with Crippen LogP contribution in [0.5, 0.6) is 0 Å². The third kappa shape index (κ3) is 24.4. The number of aromatic nitrogens is 1. The molecular weight excluding hydrogens is 1160 g/mol. The number of aromatic amines is 1. The van der Waals surface area contributed by atoms with Gasteiger partial charge in [-0.3, -0.25) is 48.1 Å². The van der Waals surface area contributed by atoms with Crippen LogP contribution in [0.2, 0.25) is 0 Å². The van der Waals surface area contributed by atoms with E-state index in [1.165, 1.54) is 0 Å². The van der Waals surface area contributed by atoms with Gasteiger partial charge in [-0.25, -0.2) is 0 Å². The summed E-state index contributed by atoms with van der Waals surface area (Å²) in [7, 11) is 0. The van der Waals surface area contributed by atoms with Crippen LogP contribution in [0, 0.1) is 5.41 Å². The number of H-pyrrole nitrogens is 1. The van der Waals surface area contributed by atoms with Crippen molar-refractivity contribution in [1.29, 1.82) is 0 Å². The van der Waals surface area contributed by atoms with E-state index >= 15 is 0 Å². The minimum absolute atomic E-state index is 0.0480. The Morgan fingerprint density at radius 1 is 0.626 bits per heavy atom. The number of para-hydroxylation sites is 1. The number of aliphatic imine (C=N–C) groups is 1. The van der Waals surface area contributed by atoms with Crippen molar-refractivity contribution in [3.63, 3.8) is 0 Å².